The van der Waals surface area contributed by atoms with E-state index in [4.69, 9.17) is 0 Å². The molecule has 0 fully saturated rings. The molecular formula is C13H23IN+. The monoisotopic (exact) mass is 320 g/mol. The Morgan fingerprint density at radius 2 is 1.33 bits per heavy atom. The summed E-state index contributed by atoms with van der Waals surface area (Å²) in [6.45, 7) is 11.7. The minimum Gasteiger partial charge on any atom is -0.321 e. The van der Waals surface area contributed by atoms with Gasteiger partial charge in [-0.25, -0.2) is 0 Å². The van der Waals surface area contributed by atoms with Crippen LogP contribution in [0.2, 0.25) is 0 Å². The Morgan fingerprint density at radius 3 is 1.73 bits per heavy atom. The smallest absolute Gasteiger partial charge is 0.104 e. The lowest BCUT2D eigenvalue weighted by molar-refractivity contribution is -0.936. The zero-order valence-corrected chi connectivity index (χ0v) is 12.4. The summed E-state index contributed by atoms with van der Waals surface area (Å²) in [4.78, 5) is 0. The Kier molecular flexibility index (Phi) is 7.18. The van der Waals surface area contributed by atoms with Crippen LogP contribution in [0.15, 0.2) is 30.3 Å². The summed E-state index contributed by atoms with van der Waals surface area (Å²) in [7, 11) is 0. The largest absolute Gasteiger partial charge is 0.321 e. The van der Waals surface area contributed by atoms with Gasteiger partial charge in [0.2, 0.25) is 0 Å². The van der Waals surface area contributed by atoms with E-state index in [-0.39, 0.29) is 24.0 Å². The Hall–Kier alpha value is -0.0900. The van der Waals surface area contributed by atoms with E-state index in [2.05, 4.69) is 51.1 Å². The van der Waals surface area contributed by atoms with Crippen LogP contribution in [0.5, 0.6) is 0 Å². The molecule has 86 valence electrons. The average molecular weight is 320 g/mol. The standard InChI is InChI=1S/C13H22N.HI/c1-4-14(5-2,6-3)12-13-10-8-7-9-11-13;/h7-11H,4-6,12H2,1-3H3;1H/q+1;. The zero-order chi connectivity index (χ0) is 10.4. The van der Waals surface area contributed by atoms with Crippen molar-refractivity contribution in [2.45, 2.75) is 27.3 Å². The number of quaternary nitrogens is 1. The fourth-order valence-electron chi connectivity index (χ4n) is 1.98. The second kappa shape index (κ2) is 7.23. The van der Waals surface area contributed by atoms with Crippen LogP contribution in [-0.2, 0) is 6.54 Å². The molecule has 1 aromatic carbocycles. The highest BCUT2D eigenvalue weighted by Crippen LogP contribution is 2.13. The van der Waals surface area contributed by atoms with Gasteiger partial charge in [-0.05, 0) is 20.8 Å². The molecule has 0 saturated carbocycles. The van der Waals surface area contributed by atoms with Gasteiger partial charge in [-0.2, -0.15) is 0 Å². The zero-order valence-electron chi connectivity index (χ0n) is 10.1. The Morgan fingerprint density at radius 1 is 0.867 bits per heavy atom. The lowest BCUT2D eigenvalue weighted by Gasteiger charge is -2.35. The first-order valence-corrected chi connectivity index (χ1v) is 5.65. The van der Waals surface area contributed by atoms with Crippen LogP contribution in [0.1, 0.15) is 26.3 Å². The Bertz CT molecular complexity index is 246. The molecule has 1 nitrogen and oxygen atoms in total. The van der Waals surface area contributed by atoms with Gasteiger partial charge >= 0.3 is 0 Å². The molecule has 0 heterocycles. The van der Waals surface area contributed by atoms with E-state index < -0.39 is 0 Å². The first-order valence-electron chi connectivity index (χ1n) is 5.65. The number of benzene rings is 1. The third-order valence-corrected chi connectivity index (χ3v) is 3.37. The highest BCUT2D eigenvalue weighted by atomic mass is 127. The van der Waals surface area contributed by atoms with Crippen molar-refractivity contribution in [3.05, 3.63) is 35.9 Å². The molecular weight excluding hydrogens is 297 g/mol. The quantitative estimate of drug-likeness (QED) is 0.573. The van der Waals surface area contributed by atoms with Crippen LogP contribution < -0.4 is 0 Å². The fraction of sp³-hybridized carbons (Fsp3) is 0.538. The van der Waals surface area contributed by atoms with E-state index in [1.54, 1.807) is 0 Å². The van der Waals surface area contributed by atoms with E-state index >= 15 is 0 Å². The highest BCUT2D eigenvalue weighted by Gasteiger charge is 2.20. The van der Waals surface area contributed by atoms with Crippen molar-refractivity contribution in [1.29, 1.82) is 0 Å². The van der Waals surface area contributed by atoms with Gasteiger partial charge < -0.3 is 4.48 Å². The molecule has 0 bridgehead atoms. The van der Waals surface area contributed by atoms with Gasteiger partial charge in [0.1, 0.15) is 6.54 Å². The lowest BCUT2D eigenvalue weighted by Crippen LogP contribution is -2.46. The van der Waals surface area contributed by atoms with Gasteiger partial charge in [-0.15, -0.1) is 24.0 Å². The molecule has 0 radical (unpaired) electrons. The molecule has 0 aliphatic rings. The number of rotatable bonds is 5. The van der Waals surface area contributed by atoms with Gasteiger partial charge in [-0.1, -0.05) is 30.3 Å². The molecule has 0 atom stereocenters. The summed E-state index contributed by atoms with van der Waals surface area (Å²) in [5.74, 6) is 0. The number of hydrogen-bond donors (Lipinski definition) is 0. The van der Waals surface area contributed by atoms with Crippen LogP contribution in [0.3, 0.4) is 0 Å². The van der Waals surface area contributed by atoms with E-state index in [0.717, 1.165) is 0 Å². The van der Waals surface area contributed by atoms with Crippen molar-refractivity contribution in [2.75, 3.05) is 19.6 Å². The molecule has 0 spiro atoms. The maximum Gasteiger partial charge on any atom is 0.104 e. The van der Waals surface area contributed by atoms with Crippen LogP contribution in [0, 0.1) is 0 Å². The molecule has 1 aromatic rings. The maximum atomic E-state index is 2.29. The summed E-state index contributed by atoms with van der Waals surface area (Å²) in [5.41, 5.74) is 1.46. The van der Waals surface area contributed by atoms with Crippen LogP contribution >= 0.6 is 24.0 Å². The topological polar surface area (TPSA) is 0 Å². The van der Waals surface area contributed by atoms with Crippen LogP contribution in [0.25, 0.3) is 0 Å². The summed E-state index contributed by atoms with van der Waals surface area (Å²) in [6, 6.07) is 10.8. The molecule has 0 amide bonds. The average Bonchev–Trinajstić information content (AvgIpc) is 2.28. The molecule has 15 heavy (non-hydrogen) atoms. The number of nitrogens with zero attached hydrogens (tertiary/aromatic N) is 1. The van der Waals surface area contributed by atoms with E-state index in [1.807, 2.05) is 0 Å². The van der Waals surface area contributed by atoms with Crippen molar-refractivity contribution >= 4 is 24.0 Å². The van der Waals surface area contributed by atoms with Gasteiger partial charge in [0, 0.05) is 5.56 Å². The predicted molar refractivity (Wildman–Crippen MR) is 77.4 cm³/mol. The fourth-order valence-corrected chi connectivity index (χ4v) is 1.98. The lowest BCUT2D eigenvalue weighted by atomic mass is 10.2. The second-order valence-corrected chi connectivity index (χ2v) is 3.93. The molecule has 0 aliphatic carbocycles. The van der Waals surface area contributed by atoms with Crippen molar-refractivity contribution in [2.24, 2.45) is 0 Å². The summed E-state index contributed by atoms with van der Waals surface area (Å²) in [6.07, 6.45) is 0. The molecule has 0 N–H and O–H groups in total. The second-order valence-electron chi connectivity index (χ2n) is 3.93. The predicted octanol–water partition coefficient (Wildman–Crippen LogP) is 3.68. The highest BCUT2D eigenvalue weighted by molar-refractivity contribution is 14.0. The van der Waals surface area contributed by atoms with Gasteiger partial charge in [0.25, 0.3) is 0 Å². The molecule has 2 heteroatoms. The number of halogens is 1. The maximum absolute atomic E-state index is 2.29. The third-order valence-electron chi connectivity index (χ3n) is 3.37. The van der Waals surface area contributed by atoms with E-state index in [1.165, 1.54) is 36.2 Å². The van der Waals surface area contributed by atoms with Gasteiger partial charge in [-0.3, -0.25) is 0 Å². The van der Waals surface area contributed by atoms with Crippen LogP contribution in [0.4, 0.5) is 0 Å². The van der Waals surface area contributed by atoms with E-state index in [0.29, 0.717) is 0 Å². The van der Waals surface area contributed by atoms with Gasteiger partial charge in [0.05, 0.1) is 19.6 Å². The molecule has 0 unspecified atom stereocenters. The molecule has 1 rings (SSSR count). The van der Waals surface area contributed by atoms with Gasteiger partial charge in [0.15, 0.2) is 0 Å². The third kappa shape index (κ3) is 4.11. The Balaban J connectivity index is 0.00000196. The van der Waals surface area contributed by atoms with Crippen molar-refractivity contribution in [3.8, 4) is 0 Å². The summed E-state index contributed by atoms with van der Waals surface area (Å²) < 4.78 is 1.20. The Labute approximate surface area is 111 Å². The summed E-state index contributed by atoms with van der Waals surface area (Å²) >= 11 is 0. The molecule has 0 aromatic heterocycles. The molecule has 0 saturated heterocycles. The SMILES string of the molecule is CC[N+](CC)(CC)Cc1ccccc1.I. The normalized spacial score (nSPS) is 10.9. The minimum atomic E-state index is 0. The van der Waals surface area contributed by atoms with Crippen LogP contribution in [-0.4, -0.2) is 24.1 Å². The first kappa shape index (κ1) is 14.9. The minimum absolute atomic E-state index is 0. The first-order chi connectivity index (χ1) is 6.76. The summed E-state index contributed by atoms with van der Waals surface area (Å²) in [5, 5.41) is 0. The van der Waals surface area contributed by atoms with E-state index in [9.17, 15) is 0 Å². The van der Waals surface area contributed by atoms with Crippen molar-refractivity contribution in [1.82, 2.24) is 0 Å². The van der Waals surface area contributed by atoms with Crippen molar-refractivity contribution in [3.63, 3.8) is 0 Å². The van der Waals surface area contributed by atoms with Crippen molar-refractivity contribution < 1.29 is 4.48 Å². The molecule has 0 aliphatic heterocycles. The number of hydrogen-bond acceptors (Lipinski definition) is 0.